The number of rotatable bonds is 6. The van der Waals surface area contributed by atoms with Crippen LogP contribution in [-0.2, 0) is 0 Å². The zero-order valence-electron chi connectivity index (χ0n) is 10.5. The summed E-state index contributed by atoms with van der Waals surface area (Å²) in [5, 5.41) is 14.3. The van der Waals surface area contributed by atoms with Crippen molar-refractivity contribution >= 4 is 23.0 Å². The molecular weight excluding hydrogens is 254 g/mol. The van der Waals surface area contributed by atoms with Gasteiger partial charge >= 0.3 is 0 Å². The van der Waals surface area contributed by atoms with Crippen LogP contribution in [0.1, 0.15) is 13.8 Å². The van der Waals surface area contributed by atoms with Crippen LogP contribution in [-0.4, -0.2) is 18.0 Å². The van der Waals surface area contributed by atoms with E-state index in [0.717, 1.165) is 0 Å². The molecule has 18 heavy (non-hydrogen) atoms. The number of halogens is 1. The maximum absolute atomic E-state index is 10.9. The summed E-state index contributed by atoms with van der Waals surface area (Å²) in [5.74, 6) is 0.703. The molecule has 0 saturated heterocycles. The Bertz CT molecular complexity index is 424. The number of hydrogen-bond donors (Lipinski definition) is 2. The second-order valence-electron chi connectivity index (χ2n) is 4.54. The van der Waals surface area contributed by atoms with Crippen molar-refractivity contribution in [1.82, 2.24) is 0 Å². The summed E-state index contributed by atoms with van der Waals surface area (Å²) in [5.41, 5.74) is 6.13. The smallest absolute Gasteiger partial charge is 0.293 e. The first kappa shape index (κ1) is 14.7. The van der Waals surface area contributed by atoms with Crippen LogP contribution in [0.2, 0.25) is 5.02 Å². The van der Waals surface area contributed by atoms with Gasteiger partial charge in [0.05, 0.1) is 4.92 Å². The minimum atomic E-state index is -0.443. The maximum Gasteiger partial charge on any atom is 0.293 e. The standard InChI is InChI=1S/C12H18ClN3O2/c1-8(2)9(6-14)7-15-11-4-3-10(13)5-12(11)16(17)18/h3-5,8-9,15H,6-7,14H2,1-2H3. The van der Waals surface area contributed by atoms with E-state index < -0.39 is 4.92 Å². The van der Waals surface area contributed by atoms with E-state index in [1.165, 1.54) is 6.07 Å². The predicted molar refractivity (Wildman–Crippen MR) is 74.0 cm³/mol. The number of nitro groups is 1. The SMILES string of the molecule is CC(C)C(CN)CNc1ccc(Cl)cc1[N+](=O)[O-]. The average Bonchev–Trinajstić information content (AvgIpc) is 2.30. The first-order chi connectivity index (χ1) is 8.45. The lowest BCUT2D eigenvalue weighted by molar-refractivity contribution is -0.383. The second kappa shape index (κ2) is 6.56. The van der Waals surface area contributed by atoms with Crippen LogP contribution in [0, 0.1) is 22.0 Å². The van der Waals surface area contributed by atoms with E-state index in [1.54, 1.807) is 12.1 Å². The third-order valence-corrected chi connectivity index (χ3v) is 3.19. The zero-order valence-corrected chi connectivity index (χ0v) is 11.3. The van der Waals surface area contributed by atoms with Gasteiger partial charge in [-0.05, 0) is 30.5 Å². The second-order valence-corrected chi connectivity index (χ2v) is 4.98. The van der Waals surface area contributed by atoms with Crippen LogP contribution in [0.3, 0.4) is 0 Å². The highest BCUT2D eigenvalue weighted by Crippen LogP contribution is 2.28. The minimum Gasteiger partial charge on any atom is -0.379 e. The summed E-state index contributed by atoms with van der Waals surface area (Å²) in [6.07, 6.45) is 0. The van der Waals surface area contributed by atoms with E-state index in [0.29, 0.717) is 29.7 Å². The fourth-order valence-corrected chi connectivity index (χ4v) is 1.80. The van der Waals surface area contributed by atoms with E-state index in [9.17, 15) is 10.1 Å². The van der Waals surface area contributed by atoms with E-state index in [-0.39, 0.29) is 11.6 Å². The number of nitro benzene ring substituents is 1. The molecule has 0 heterocycles. The fourth-order valence-electron chi connectivity index (χ4n) is 1.64. The van der Waals surface area contributed by atoms with Crippen LogP contribution in [0.5, 0.6) is 0 Å². The highest BCUT2D eigenvalue weighted by atomic mass is 35.5. The molecule has 1 aromatic rings. The molecular formula is C12H18ClN3O2. The topological polar surface area (TPSA) is 81.2 Å². The van der Waals surface area contributed by atoms with Gasteiger partial charge in [0.25, 0.3) is 5.69 Å². The van der Waals surface area contributed by atoms with E-state index in [1.807, 2.05) is 0 Å². The lowest BCUT2D eigenvalue weighted by Crippen LogP contribution is -2.27. The molecule has 1 unspecified atom stereocenters. The van der Waals surface area contributed by atoms with Gasteiger partial charge < -0.3 is 11.1 Å². The number of nitrogens with zero attached hydrogens (tertiary/aromatic N) is 1. The minimum absolute atomic E-state index is 0.0120. The summed E-state index contributed by atoms with van der Waals surface area (Å²) in [7, 11) is 0. The lowest BCUT2D eigenvalue weighted by atomic mass is 9.96. The van der Waals surface area contributed by atoms with Gasteiger partial charge in [0.1, 0.15) is 5.69 Å². The average molecular weight is 272 g/mol. The molecule has 0 radical (unpaired) electrons. The molecule has 0 aliphatic carbocycles. The van der Waals surface area contributed by atoms with Gasteiger partial charge in [-0.3, -0.25) is 10.1 Å². The van der Waals surface area contributed by atoms with Crippen molar-refractivity contribution < 1.29 is 4.92 Å². The number of hydrogen-bond acceptors (Lipinski definition) is 4. The molecule has 6 heteroatoms. The quantitative estimate of drug-likeness (QED) is 0.616. The Kier molecular flexibility index (Phi) is 5.37. The van der Waals surface area contributed by atoms with Gasteiger partial charge in [-0.25, -0.2) is 0 Å². The first-order valence-electron chi connectivity index (χ1n) is 5.83. The molecule has 0 aromatic heterocycles. The molecule has 0 aliphatic rings. The van der Waals surface area contributed by atoms with Crippen LogP contribution < -0.4 is 11.1 Å². The Morgan fingerprint density at radius 2 is 2.17 bits per heavy atom. The summed E-state index contributed by atoms with van der Waals surface area (Å²) < 4.78 is 0. The molecule has 0 bridgehead atoms. The number of benzene rings is 1. The van der Waals surface area contributed by atoms with Gasteiger partial charge in [0, 0.05) is 17.6 Å². The molecule has 1 rings (SSSR count). The van der Waals surface area contributed by atoms with Gasteiger partial charge in [0.15, 0.2) is 0 Å². The first-order valence-corrected chi connectivity index (χ1v) is 6.21. The van der Waals surface area contributed by atoms with E-state index in [2.05, 4.69) is 19.2 Å². The molecule has 1 atom stereocenters. The number of nitrogens with one attached hydrogen (secondary N) is 1. The third kappa shape index (κ3) is 3.85. The maximum atomic E-state index is 10.9. The molecule has 0 saturated carbocycles. The molecule has 0 amide bonds. The summed E-state index contributed by atoms with van der Waals surface area (Å²) in [6, 6.07) is 4.59. The third-order valence-electron chi connectivity index (χ3n) is 2.96. The van der Waals surface area contributed by atoms with Crippen molar-refractivity contribution in [2.45, 2.75) is 13.8 Å². The molecule has 1 aromatic carbocycles. The fraction of sp³-hybridized carbons (Fsp3) is 0.500. The highest BCUT2D eigenvalue weighted by molar-refractivity contribution is 6.30. The lowest BCUT2D eigenvalue weighted by Gasteiger charge is -2.19. The summed E-state index contributed by atoms with van der Waals surface area (Å²) >= 11 is 5.75. The van der Waals surface area contributed by atoms with Gasteiger partial charge in [-0.1, -0.05) is 25.4 Å². The molecule has 100 valence electrons. The van der Waals surface area contributed by atoms with Crippen LogP contribution >= 0.6 is 11.6 Å². The molecule has 3 N–H and O–H groups in total. The summed E-state index contributed by atoms with van der Waals surface area (Å²) in [6.45, 7) is 5.31. The Morgan fingerprint density at radius 1 is 1.50 bits per heavy atom. The van der Waals surface area contributed by atoms with Crippen LogP contribution in [0.25, 0.3) is 0 Å². The molecule has 5 nitrogen and oxygen atoms in total. The Morgan fingerprint density at radius 3 is 2.67 bits per heavy atom. The van der Waals surface area contributed by atoms with E-state index >= 15 is 0 Å². The monoisotopic (exact) mass is 271 g/mol. The van der Waals surface area contributed by atoms with Crippen molar-refractivity contribution in [3.63, 3.8) is 0 Å². The molecule has 0 fully saturated rings. The van der Waals surface area contributed by atoms with E-state index in [4.69, 9.17) is 17.3 Å². The van der Waals surface area contributed by atoms with Crippen molar-refractivity contribution in [2.75, 3.05) is 18.4 Å². The van der Waals surface area contributed by atoms with Crippen molar-refractivity contribution in [3.8, 4) is 0 Å². The van der Waals surface area contributed by atoms with Crippen LogP contribution in [0.4, 0.5) is 11.4 Å². The predicted octanol–water partition coefficient (Wildman–Crippen LogP) is 2.89. The van der Waals surface area contributed by atoms with Gasteiger partial charge in [-0.2, -0.15) is 0 Å². The van der Waals surface area contributed by atoms with Gasteiger partial charge in [0.2, 0.25) is 0 Å². The molecule has 0 spiro atoms. The normalized spacial score (nSPS) is 12.5. The number of nitrogens with two attached hydrogens (primary N) is 1. The summed E-state index contributed by atoms with van der Waals surface area (Å²) in [4.78, 5) is 10.5. The van der Waals surface area contributed by atoms with Crippen molar-refractivity contribution in [2.24, 2.45) is 17.6 Å². The Balaban J connectivity index is 2.81. The number of anilines is 1. The zero-order chi connectivity index (χ0) is 13.7. The van der Waals surface area contributed by atoms with Gasteiger partial charge in [-0.15, -0.1) is 0 Å². The van der Waals surface area contributed by atoms with Crippen molar-refractivity contribution in [1.29, 1.82) is 0 Å². The highest BCUT2D eigenvalue weighted by Gasteiger charge is 2.16. The van der Waals surface area contributed by atoms with Crippen LogP contribution in [0.15, 0.2) is 18.2 Å². The Labute approximate surface area is 111 Å². The molecule has 0 aliphatic heterocycles. The largest absolute Gasteiger partial charge is 0.379 e. The Hall–Kier alpha value is -1.33. The van der Waals surface area contributed by atoms with Crippen molar-refractivity contribution in [3.05, 3.63) is 33.3 Å².